The van der Waals surface area contributed by atoms with E-state index in [0.717, 1.165) is 36.6 Å². The van der Waals surface area contributed by atoms with Gasteiger partial charge in [0.2, 0.25) is 0 Å². The molecule has 2 atom stereocenters. The fourth-order valence-electron chi connectivity index (χ4n) is 3.93. The van der Waals surface area contributed by atoms with Gasteiger partial charge >= 0.3 is 5.97 Å². The highest BCUT2D eigenvalue weighted by molar-refractivity contribution is 5.94. The van der Waals surface area contributed by atoms with Crippen molar-refractivity contribution in [2.24, 2.45) is 0 Å². The molecule has 0 unspecified atom stereocenters. The zero-order valence-electron chi connectivity index (χ0n) is 12.3. The molecule has 4 nitrogen and oxygen atoms in total. The molecule has 21 heavy (non-hydrogen) atoms. The Morgan fingerprint density at radius 3 is 3.05 bits per heavy atom. The van der Waals surface area contributed by atoms with Gasteiger partial charge < -0.3 is 9.72 Å². The molecule has 2 saturated heterocycles. The molecule has 0 radical (unpaired) electrons. The number of hydrogen-bond acceptors (Lipinski definition) is 3. The quantitative estimate of drug-likeness (QED) is 0.861. The monoisotopic (exact) mass is 284 g/mol. The topological polar surface area (TPSA) is 45.3 Å². The number of aromatic nitrogens is 1. The first-order valence-electron chi connectivity index (χ1n) is 7.72. The summed E-state index contributed by atoms with van der Waals surface area (Å²) in [5.74, 6) is -0.236. The predicted octanol–water partition coefficient (Wildman–Crippen LogP) is 3.30. The highest BCUT2D eigenvalue weighted by Crippen LogP contribution is 2.44. The van der Waals surface area contributed by atoms with Crippen LogP contribution in [0.5, 0.6) is 0 Å². The Morgan fingerprint density at radius 2 is 2.19 bits per heavy atom. The molecule has 0 spiro atoms. The van der Waals surface area contributed by atoms with Crippen molar-refractivity contribution >= 4 is 16.9 Å². The van der Waals surface area contributed by atoms with E-state index in [1.807, 2.05) is 30.3 Å². The normalized spacial score (nSPS) is 28.9. The number of esters is 1. The third-order valence-corrected chi connectivity index (χ3v) is 5.20. The predicted molar refractivity (Wildman–Crippen MR) is 81.1 cm³/mol. The number of hydrogen-bond donors (Lipinski definition) is 1. The lowest BCUT2D eigenvalue weighted by Gasteiger charge is -2.41. The molecule has 2 aliphatic rings. The number of H-pyrrole nitrogens is 1. The summed E-state index contributed by atoms with van der Waals surface area (Å²) in [6.07, 6.45) is 5.42. The molecule has 4 rings (SSSR count). The SMILES string of the molecule is CN1[C@@H]2CCC[C@@]1(OC(=O)c1cc3ccccc3[nH]1)CC2. The van der Waals surface area contributed by atoms with Crippen molar-refractivity contribution in [1.82, 2.24) is 9.88 Å². The lowest BCUT2D eigenvalue weighted by Crippen LogP contribution is -2.50. The first kappa shape index (κ1) is 12.9. The summed E-state index contributed by atoms with van der Waals surface area (Å²) in [6, 6.07) is 10.4. The Morgan fingerprint density at radius 1 is 1.33 bits per heavy atom. The molecule has 4 heteroatoms. The van der Waals surface area contributed by atoms with E-state index in [-0.39, 0.29) is 11.7 Å². The average molecular weight is 284 g/mol. The van der Waals surface area contributed by atoms with E-state index >= 15 is 0 Å². The van der Waals surface area contributed by atoms with Crippen LogP contribution >= 0.6 is 0 Å². The maximum absolute atomic E-state index is 12.5. The maximum atomic E-state index is 12.5. The molecule has 1 aromatic carbocycles. The van der Waals surface area contributed by atoms with E-state index in [0.29, 0.717) is 11.7 Å². The minimum atomic E-state index is -0.378. The van der Waals surface area contributed by atoms with Crippen molar-refractivity contribution < 1.29 is 9.53 Å². The second-order valence-corrected chi connectivity index (χ2v) is 6.30. The van der Waals surface area contributed by atoms with Crippen LogP contribution in [0.15, 0.2) is 30.3 Å². The summed E-state index contributed by atoms with van der Waals surface area (Å²) in [7, 11) is 2.09. The van der Waals surface area contributed by atoms with E-state index in [9.17, 15) is 4.79 Å². The first-order valence-corrected chi connectivity index (χ1v) is 7.72. The number of rotatable bonds is 2. The average Bonchev–Trinajstić information content (AvgIpc) is 2.96. The van der Waals surface area contributed by atoms with Crippen LogP contribution in [-0.2, 0) is 4.74 Å². The minimum absolute atomic E-state index is 0.236. The minimum Gasteiger partial charge on any atom is -0.439 e. The van der Waals surface area contributed by atoms with Crippen molar-refractivity contribution in [2.75, 3.05) is 7.05 Å². The zero-order chi connectivity index (χ0) is 14.4. The van der Waals surface area contributed by atoms with E-state index in [1.165, 1.54) is 6.42 Å². The molecular weight excluding hydrogens is 264 g/mol. The molecule has 2 bridgehead atoms. The molecule has 2 aliphatic heterocycles. The standard InChI is InChI=1S/C17H20N2O2/c1-19-13-6-4-9-17(19,10-8-13)21-16(20)15-11-12-5-2-3-7-14(12)18-15/h2-3,5,7,11,13,18H,4,6,8-10H2,1H3/t13-,17-/m1/s1. The molecule has 1 aromatic heterocycles. The van der Waals surface area contributed by atoms with Crippen LogP contribution in [0.25, 0.3) is 10.9 Å². The zero-order valence-corrected chi connectivity index (χ0v) is 12.3. The van der Waals surface area contributed by atoms with E-state index in [1.54, 1.807) is 0 Å². The molecule has 3 heterocycles. The van der Waals surface area contributed by atoms with Gasteiger partial charge in [0.25, 0.3) is 0 Å². The third-order valence-electron chi connectivity index (χ3n) is 5.20. The lowest BCUT2D eigenvalue weighted by atomic mass is 10.0. The second kappa shape index (κ2) is 4.60. The van der Waals surface area contributed by atoms with Crippen molar-refractivity contribution in [1.29, 1.82) is 0 Å². The van der Waals surface area contributed by atoms with Crippen LogP contribution < -0.4 is 0 Å². The van der Waals surface area contributed by atoms with Gasteiger partial charge in [-0.15, -0.1) is 0 Å². The number of benzene rings is 1. The van der Waals surface area contributed by atoms with Gasteiger partial charge in [-0.05, 0) is 38.4 Å². The summed E-state index contributed by atoms with van der Waals surface area (Å²) < 4.78 is 5.95. The number of carbonyl (C=O) groups is 1. The molecule has 2 aromatic rings. The van der Waals surface area contributed by atoms with Gasteiger partial charge in [-0.1, -0.05) is 18.2 Å². The fourth-order valence-corrected chi connectivity index (χ4v) is 3.93. The highest BCUT2D eigenvalue weighted by Gasteiger charge is 2.49. The number of para-hydroxylation sites is 1. The van der Waals surface area contributed by atoms with Crippen molar-refractivity contribution in [3.63, 3.8) is 0 Å². The molecule has 0 aliphatic carbocycles. The fraction of sp³-hybridized carbons (Fsp3) is 0.471. The van der Waals surface area contributed by atoms with Crippen LogP contribution in [-0.4, -0.2) is 34.7 Å². The Kier molecular flexibility index (Phi) is 2.82. The number of piperidine rings is 1. The number of nitrogens with one attached hydrogen (secondary N) is 1. The summed E-state index contributed by atoms with van der Waals surface area (Å²) in [4.78, 5) is 18.0. The number of fused-ring (bicyclic) bond motifs is 3. The van der Waals surface area contributed by atoms with Crippen LogP contribution in [0, 0.1) is 0 Å². The van der Waals surface area contributed by atoms with Crippen LogP contribution in [0.4, 0.5) is 0 Å². The molecule has 0 saturated carbocycles. The van der Waals surface area contributed by atoms with Gasteiger partial charge in [0.1, 0.15) is 5.69 Å². The molecule has 110 valence electrons. The number of nitrogens with zero attached hydrogens (tertiary/aromatic N) is 1. The molecule has 2 fully saturated rings. The van der Waals surface area contributed by atoms with E-state index in [2.05, 4.69) is 16.9 Å². The second-order valence-electron chi connectivity index (χ2n) is 6.30. The van der Waals surface area contributed by atoms with Crippen LogP contribution in [0.1, 0.15) is 42.6 Å². The van der Waals surface area contributed by atoms with Crippen LogP contribution in [0.2, 0.25) is 0 Å². The van der Waals surface area contributed by atoms with Gasteiger partial charge in [0, 0.05) is 29.8 Å². The summed E-state index contributed by atoms with van der Waals surface area (Å²) >= 11 is 0. The van der Waals surface area contributed by atoms with Crippen molar-refractivity contribution in [3.05, 3.63) is 36.0 Å². The third kappa shape index (κ3) is 1.97. The summed E-state index contributed by atoms with van der Waals surface area (Å²) in [5, 5.41) is 1.04. The summed E-state index contributed by atoms with van der Waals surface area (Å²) in [5.41, 5.74) is 1.15. The maximum Gasteiger partial charge on any atom is 0.356 e. The van der Waals surface area contributed by atoms with Gasteiger partial charge in [-0.3, -0.25) is 4.90 Å². The van der Waals surface area contributed by atoms with Gasteiger partial charge in [-0.25, -0.2) is 4.79 Å². The Hall–Kier alpha value is -1.81. The molecule has 0 amide bonds. The van der Waals surface area contributed by atoms with Gasteiger partial charge in [0.05, 0.1) is 0 Å². The number of carbonyl (C=O) groups excluding carboxylic acids is 1. The van der Waals surface area contributed by atoms with E-state index in [4.69, 9.17) is 4.74 Å². The van der Waals surface area contributed by atoms with Crippen LogP contribution in [0.3, 0.4) is 0 Å². The van der Waals surface area contributed by atoms with Crippen molar-refractivity contribution in [3.8, 4) is 0 Å². The number of aromatic amines is 1. The van der Waals surface area contributed by atoms with Gasteiger partial charge in [0.15, 0.2) is 5.72 Å². The molecule has 1 N–H and O–H groups in total. The highest BCUT2D eigenvalue weighted by atomic mass is 16.6. The first-order chi connectivity index (χ1) is 10.2. The Labute approximate surface area is 124 Å². The Balaban J connectivity index is 1.60. The largest absolute Gasteiger partial charge is 0.439 e. The molecular formula is C17H20N2O2. The van der Waals surface area contributed by atoms with Gasteiger partial charge in [-0.2, -0.15) is 0 Å². The van der Waals surface area contributed by atoms with Crippen molar-refractivity contribution in [2.45, 2.75) is 43.9 Å². The smallest absolute Gasteiger partial charge is 0.356 e. The van der Waals surface area contributed by atoms with E-state index < -0.39 is 0 Å². The lowest BCUT2D eigenvalue weighted by molar-refractivity contribution is -0.116. The Bertz CT molecular complexity index is 656. The number of ether oxygens (including phenoxy) is 1. The summed E-state index contributed by atoms with van der Waals surface area (Å²) in [6.45, 7) is 0.